The van der Waals surface area contributed by atoms with Gasteiger partial charge in [-0.05, 0) is 32.8 Å². The molecular formula is C18H21NO4. The number of carbonyl (C=O) groups is 2. The minimum Gasteiger partial charge on any atom is -0.466 e. The van der Waals surface area contributed by atoms with Crippen LogP contribution in [0.25, 0.3) is 11.0 Å². The first-order chi connectivity index (χ1) is 11.1. The number of hydrogen-bond donors (Lipinski definition) is 0. The highest BCUT2D eigenvalue weighted by Crippen LogP contribution is 2.28. The summed E-state index contributed by atoms with van der Waals surface area (Å²) in [7, 11) is 0. The van der Waals surface area contributed by atoms with Crippen molar-refractivity contribution in [2.24, 2.45) is 5.92 Å². The highest BCUT2D eigenvalue weighted by Gasteiger charge is 2.30. The van der Waals surface area contributed by atoms with E-state index in [1.807, 2.05) is 38.1 Å². The van der Waals surface area contributed by atoms with E-state index in [1.54, 1.807) is 4.90 Å². The van der Waals surface area contributed by atoms with Gasteiger partial charge in [-0.15, -0.1) is 0 Å². The third-order valence-corrected chi connectivity index (χ3v) is 4.39. The summed E-state index contributed by atoms with van der Waals surface area (Å²) < 4.78 is 10.7. The van der Waals surface area contributed by atoms with Gasteiger partial charge >= 0.3 is 5.97 Å². The molecule has 1 aromatic heterocycles. The van der Waals surface area contributed by atoms with Crippen LogP contribution in [0, 0.1) is 12.8 Å². The zero-order chi connectivity index (χ0) is 16.4. The second kappa shape index (κ2) is 6.44. The molecule has 1 aliphatic rings. The SMILES string of the molecule is CCOC(=O)C1CCN(C(=O)c2c(C)oc3ccccc23)CC1. The van der Waals surface area contributed by atoms with Gasteiger partial charge < -0.3 is 14.1 Å². The molecule has 0 bridgehead atoms. The van der Waals surface area contributed by atoms with E-state index in [2.05, 4.69) is 0 Å². The van der Waals surface area contributed by atoms with Crippen LogP contribution in [0.3, 0.4) is 0 Å². The first-order valence-electron chi connectivity index (χ1n) is 8.05. The van der Waals surface area contributed by atoms with E-state index in [4.69, 9.17) is 9.15 Å². The Labute approximate surface area is 135 Å². The van der Waals surface area contributed by atoms with E-state index in [1.165, 1.54) is 0 Å². The van der Waals surface area contributed by atoms with Gasteiger partial charge in [-0.2, -0.15) is 0 Å². The molecule has 0 radical (unpaired) electrons. The number of rotatable bonds is 3. The predicted octanol–water partition coefficient (Wildman–Crippen LogP) is 3.16. The van der Waals surface area contributed by atoms with Crippen molar-refractivity contribution >= 4 is 22.8 Å². The van der Waals surface area contributed by atoms with Gasteiger partial charge in [0.15, 0.2) is 0 Å². The van der Waals surface area contributed by atoms with Crippen molar-refractivity contribution < 1.29 is 18.7 Å². The number of nitrogens with zero attached hydrogens (tertiary/aromatic N) is 1. The molecule has 1 aromatic carbocycles. The molecule has 1 fully saturated rings. The van der Waals surface area contributed by atoms with Gasteiger partial charge in [-0.3, -0.25) is 9.59 Å². The Morgan fingerprint density at radius 3 is 2.65 bits per heavy atom. The number of benzene rings is 1. The molecule has 0 atom stereocenters. The first kappa shape index (κ1) is 15.6. The topological polar surface area (TPSA) is 59.8 Å². The van der Waals surface area contributed by atoms with E-state index >= 15 is 0 Å². The molecule has 1 saturated heterocycles. The number of fused-ring (bicyclic) bond motifs is 1. The molecule has 3 rings (SSSR count). The summed E-state index contributed by atoms with van der Waals surface area (Å²) in [4.78, 5) is 26.4. The van der Waals surface area contributed by atoms with E-state index in [9.17, 15) is 9.59 Å². The molecule has 0 spiro atoms. The molecule has 23 heavy (non-hydrogen) atoms. The van der Waals surface area contributed by atoms with Crippen molar-refractivity contribution in [2.75, 3.05) is 19.7 Å². The Morgan fingerprint density at radius 2 is 1.96 bits per heavy atom. The molecule has 1 aliphatic heterocycles. The van der Waals surface area contributed by atoms with Crippen LogP contribution >= 0.6 is 0 Å². The van der Waals surface area contributed by atoms with E-state index in [0.717, 1.165) is 11.0 Å². The van der Waals surface area contributed by atoms with Crippen LogP contribution in [-0.4, -0.2) is 36.5 Å². The fourth-order valence-corrected chi connectivity index (χ4v) is 3.17. The van der Waals surface area contributed by atoms with Crippen LogP contribution in [0.4, 0.5) is 0 Å². The number of hydrogen-bond acceptors (Lipinski definition) is 4. The van der Waals surface area contributed by atoms with Crippen LogP contribution in [0.1, 0.15) is 35.9 Å². The molecule has 5 heteroatoms. The summed E-state index contributed by atoms with van der Waals surface area (Å²) in [6.45, 7) is 5.17. The van der Waals surface area contributed by atoms with Crippen molar-refractivity contribution in [2.45, 2.75) is 26.7 Å². The fraction of sp³-hybridized carbons (Fsp3) is 0.444. The standard InChI is InChI=1S/C18H21NO4/c1-3-22-18(21)13-8-10-19(11-9-13)17(20)16-12(2)23-15-7-5-4-6-14(15)16/h4-7,13H,3,8-11H2,1-2H3. The van der Waals surface area contributed by atoms with Gasteiger partial charge in [0.1, 0.15) is 11.3 Å². The molecule has 5 nitrogen and oxygen atoms in total. The average molecular weight is 315 g/mol. The van der Waals surface area contributed by atoms with Crippen LogP contribution in [-0.2, 0) is 9.53 Å². The van der Waals surface area contributed by atoms with Gasteiger partial charge in [0.05, 0.1) is 18.1 Å². The number of carbonyl (C=O) groups excluding carboxylic acids is 2. The summed E-state index contributed by atoms with van der Waals surface area (Å²) in [6, 6.07) is 7.57. The summed E-state index contributed by atoms with van der Waals surface area (Å²) in [5.74, 6) is 0.379. The average Bonchev–Trinajstić information content (AvgIpc) is 2.90. The molecule has 0 saturated carbocycles. The van der Waals surface area contributed by atoms with Gasteiger partial charge in [0.2, 0.25) is 0 Å². The lowest BCUT2D eigenvalue weighted by Gasteiger charge is -2.30. The second-order valence-corrected chi connectivity index (χ2v) is 5.85. The number of ether oxygens (including phenoxy) is 1. The third kappa shape index (κ3) is 2.96. The quantitative estimate of drug-likeness (QED) is 0.816. The summed E-state index contributed by atoms with van der Waals surface area (Å²) in [6.07, 6.45) is 1.30. The van der Waals surface area contributed by atoms with Gasteiger partial charge in [0, 0.05) is 18.5 Å². The van der Waals surface area contributed by atoms with E-state index < -0.39 is 0 Å². The lowest BCUT2D eigenvalue weighted by molar-refractivity contribution is -0.149. The van der Waals surface area contributed by atoms with Gasteiger partial charge in [-0.25, -0.2) is 0 Å². The van der Waals surface area contributed by atoms with Gasteiger partial charge in [-0.1, -0.05) is 18.2 Å². The molecule has 2 heterocycles. The minimum atomic E-state index is -0.149. The molecule has 0 aliphatic carbocycles. The zero-order valence-corrected chi connectivity index (χ0v) is 13.5. The number of aryl methyl sites for hydroxylation is 1. The van der Waals surface area contributed by atoms with Crippen molar-refractivity contribution in [1.82, 2.24) is 4.90 Å². The van der Waals surface area contributed by atoms with Crippen LogP contribution < -0.4 is 0 Å². The second-order valence-electron chi connectivity index (χ2n) is 5.85. The third-order valence-electron chi connectivity index (χ3n) is 4.39. The van der Waals surface area contributed by atoms with Gasteiger partial charge in [0.25, 0.3) is 5.91 Å². The molecule has 122 valence electrons. The molecule has 1 amide bonds. The van der Waals surface area contributed by atoms with Crippen LogP contribution in [0.5, 0.6) is 0 Å². The predicted molar refractivity (Wildman–Crippen MR) is 86.2 cm³/mol. The maximum absolute atomic E-state index is 12.8. The fourth-order valence-electron chi connectivity index (χ4n) is 3.17. The number of likely N-dealkylation sites (tertiary alicyclic amines) is 1. The number of piperidine rings is 1. The maximum atomic E-state index is 12.8. The Kier molecular flexibility index (Phi) is 4.37. The Bertz CT molecular complexity index is 726. The number of furan rings is 1. The van der Waals surface area contributed by atoms with Crippen molar-refractivity contribution in [1.29, 1.82) is 0 Å². The molecule has 0 N–H and O–H groups in total. The summed E-state index contributed by atoms with van der Waals surface area (Å²) >= 11 is 0. The smallest absolute Gasteiger partial charge is 0.309 e. The summed E-state index contributed by atoms with van der Waals surface area (Å²) in [5.41, 5.74) is 1.37. The van der Waals surface area contributed by atoms with E-state index in [-0.39, 0.29) is 17.8 Å². The molecule has 2 aromatic rings. The monoisotopic (exact) mass is 315 g/mol. The minimum absolute atomic E-state index is 0.0187. The summed E-state index contributed by atoms with van der Waals surface area (Å²) in [5, 5.41) is 0.850. The Hall–Kier alpha value is -2.30. The number of esters is 1. The van der Waals surface area contributed by atoms with Crippen molar-refractivity contribution in [3.8, 4) is 0 Å². The molecular weight excluding hydrogens is 294 g/mol. The largest absolute Gasteiger partial charge is 0.466 e. The Balaban J connectivity index is 1.74. The molecule has 0 unspecified atom stereocenters. The van der Waals surface area contributed by atoms with Crippen molar-refractivity contribution in [3.63, 3.8) is 0 Å². The first-order valence-corrected chi connectivity index (χ1v) is 8.05. The van der Waals surface area contributed by atoms with Crippen molar-refractivity contribution in [3.05, 3.63) is 35.6 Å². The van der Waals surface area contributed by atoms with Crippen LogP contribution in [0.2, 0.25) is 0 Å². The maximum Gasteiger partial charge on any atom is 0.309 e. The Morgan fingerprint density at radius 1 is 1.26 bits per heavy atom. The highest BCUT2D eigenvalue weighted by molar-refractivity contribution is 6.07. The number of amides is 1. The highest BCUT2D eigenvalue weighted by atomic mass is 16.5. The lowest BCUT2D eigenvalue weighted by Crippen LogP contribution is -2.40. The lowest BCUT2D eigenvalue weighted by atomic mass is 9.96. The number of para-hydroxylation sites is 1. The zero-order valence-electron chi connectivity index (χ0n) is 13.5. The van der Waals surface area contributed by atoms with Crippen LogP contribution in [0.15, 0.2) is 28.7 Å². The van der Waals surface area contributed by atoms with E-state index in [0.29, 0.717) is 43.9 Å². The normalized spacial score (nSPS) is 15.8.